The molecule has 0 aliphatic rings. The summed E-state index contributed by atoms with van der Waals surface area (Å²) < 4.78 is 5.79. The van der Waals surface area contributed by atoms with Crippen molar-refractivity contribution in [2.75, 3.05) is 34.3 Å². The van der Waals surface area contributed by atoms with Gasteiger partial charge in [0.1, 0.15) is 12.4 Å². The third-order valence-electron chi connectivity index (χ3n) is 3.93. The minimum atomic E-state index is 0. The zero-order valence-corrected chi connectivity index (χ0v) is 19.0. The van der Waals surface area contributed by atoms with Gasteiger partial charge in [-0.2, -0.15) is 0 Å². The summed E-state index contributed by atoms with van der Waals surface area (Å²) in [5.74, 6) is 1.68. The second-order valence-corrected chi connectivity index (χ2v) is 6.57. The minimum Gasteiger partial charge on any atom is -0.492 e. The summed E-state index contributed by atoms with van der Waals surface area (Å²) in [6.07, 6.45) is 0. The van der Waals surface area contributed by atoms with Gasteiger partial charge in [-0.3, -0.25) is 4.99 Å². The maximum absolute atomic E-state index is 5.79. The molecule has 0 radical (unpaired) electrons. The van der Waals surface area contributed by atoms with Crippen LogP contribution in [0.5, 0.6) is 5.75 Å². The molecule has 0 saturated carbocycles. The SMILES string of the molecule is CN=C(NCc1cccc(C)c1)NCc1cccc(OCCN(C)C)c1.I. The van der Waals surface area contributed by atoms with Gasteiger partial charge in [0, 0.05) is 26.7 Å². The zero-order valence-electron chi connectivity index (χ0n) is 16.7. The summed E-state index contributed by atoms with van der Waals surface area (Å²) in [6.45, 7) is 5.12. The standard InChI is InChI=1S/C21H30N4O.HI/c1-17-7-5-8-18(13-17)15-23-21(22-2)24-16-19-9-6-10-20(14-19)26-12-11-25(3)4;/h5-10,13-14H,11-12,15-16H2,1-4H3,(H2,22,23,24);1H. The third kappa shape index (κ3) is 9.10. The fraction of sp³-hybridized carbons (Fsp3) is 0.381. The van der Waals surface area contributed by atoms with Crippen LogP contribution in [-0.2, 0) is 13.1 Å². The van der Waals surface area contributed by atoms with Crippen LogP contribution in [0.2, 0.25) is 0 Å². The highest BCUT2D eigenvalue weighted by atomic mass is 127. The smallest absolute Gasteiger partial charge is 0.191 e. The lowest BCUT2D eigenvalue weighted by atomic mass is 10.1. The quantitative estimate of drug-likeness (QED) is 0.344. The zero-order chi connectivity index (χ0) is 18.8. The number of hydrogen-bond donors (Lipinski definition) is 2. The molecule has 6 heteroatoms. The summed E-state index contributed by atoms with van der Waals surface area (Å²) in [4.78, 5) is 6.40. The molecule has 2 aromatic rings. The van der Waals surface area contributed by atoms with Gasteiger partial charge in [0.15, 0.2) is 5.96 Å². The molecule has 2 N–H and O–H groups in total. The van der Waals surface area contributed by atoms with E-state index in [1.165, 1.54) is 11.1 Å². The Hall–Kier alpha value is -1.80. The number of hydrogen-bond acceptors (Lipinski definition) is 3. The molecule has 0 heterocycles. The molecule has 0 fully saturated rings. The Morgan fingerprint density at radius 1 is 1.00 bits per heavy atom. The Bertz CT molecular complexity index is 719. The molecule has 27 heavy (non-hydrogen) atoms. The maximum Gasteiger partial charge on any atom is 0.191 e. The predicted octanol–water partition coefficient (Wildman–Crippen LogP) is 3.42. The molecule has 0 aliphatic heterocycles. The first-order valence-corrected chi connectivity index (χ1v) is 8.93. The second kappa shape index (κ2) is 12.6. The highest BCUT2D eigenvalue weighted by molar-refractivity contribution is 14.0. The summed E-state index contributed by atoms with van der Waals surface area (Å²) in [7, 11) is 5.87. The third-order valence-corrected chi connectivity index (χ3v) is 3.93. The van der Waals surface area contributed by atoms with Crippen molar-refractivity contribution in [2.24, 2.45) is 4.99 Å². The van der Waals surface area contributed by atoms with Crippen LogP contribution in [-0.4, -0.2) is 45.2 Å². The molecule has 2 aromatic carbocycles. The molecule has 2 rings (SSSR count). The highest BCUT2D eigenvalue weighted by Crippen LogP contribution is 2.13. The number of nitrogens with zero attached hydrogens (tertiary/aromatic N) is 2. The van der Waals surface area contributed by atoms with Crippen LogP contribution in [0.3, 0.4) is 0 Å². The van der Waals surface area contributed by atoms with E-state index in [-0.39, 0.29) is 24.0 Å². The summed E-state index contributed by atoms with van der Waals surface area (Å²) in [5.41, 5.74) is 3.66. The minimum absolute atomic E-state index is 0. The molecule has 0 atom stereocenters. The van der Waals surface area contributed by atoms with E-state index in [4.69, 9.17) is 4.74 Å². The second-order valence-electron chi connectivity index (χ2n) is 6.57. The molecule has 0 spiro atoms. The molecule has 0 aromatic heterocycles. The lowest BCUT2D eigenvalue weighted by Gasteiger charge is -2.14. The van der Waals surface area contributed by atoms with Crippen molar-refractivity contribution in [1.29, 1.82) is 0 Å². The van der Waals surface area contributed by atoms with E-state index in [2.05, 4.69) is 63.8 Å². The van der Waals surface area contributed by atoms with Crippen molar-refractivity contribution in [3.63, 3.8) is 0 Å². The number of guanidine groups is 1. The van der Waals surface area contributed by atoms with Crippen molar-refractivity contribution in [3.8, 4) is 5.75 Å². The van der Waals surface area contributed by atoms with E-state index in [9.17, 15) is 0 Å². The van der Waals surface area contributed by atoms with Crippen molar-refractivity contribution in [1.82, 2.24) is 15.5 Å². The fourth-order valence-corrected chi connectivity index (χ4v) is 2.51. The van der Waals surface area contributed by atoms with Gasteiger partial charge in [0.05, 0.1) is 0 Å². The van der Waals surface area contributed by atoms with Crippen LogP contribution in [0.25, 0.3) is 0 Å². The number of aryl methyl sites for hydroxylation is 1. The summed E-state index contributed by atoms with van der Waals surface area (Å²) >= 11 is 0. The molecular formula is C21H31IN4O. The molecule has 0 amide bonds. The van der Waals surface area contributed by atoms with Crippen molar-refractivity contribution in [2.45, 2.75) is 20.0 Å². The van der Waals surface area contributed by atoms with Gasteiger partial charge in [0.2, 0.25) is 0 Å². The van der Waals surface area contributed by atoms with Gasteiger partial charge < -0.3 is 20.3 Å². The number of ether oxygens (including phenoxy) is 1. The molecular weight excluding hydrogens is 451 g/mol. The summed E-state index contributed by atoms with van der Waals surface area (Å²) in [5, 5.41) is 6.69. The first-order valence-electron chi connectivity index (χ1n) is 8.93. The number of aliphatic imine (C=N–C) groups is 1. The van der Waals surface area contributed by atoms with Gasteiger partial charge in [-0.05, 0) is 44.3 Å². The highest BCUT2D eigenvalue weighted by Gasteiger charge is 2.01. The van der Waals surface area contributed by atoms with Crippen LogP contribution in [0.1, 0.15) is 16.7 Å². The fourth-order valence-electron chi connectivity index (χ4n) is 2.51. The lowest BCUT2D eigenvalue weighted by Crippen LogP contribution is -2.36. The lowest BCUT2D eigenvalue weighted by molar-refractivity contribution is 0.261. The van der Waals surface area contributed by atoms with Crippen LogP contribution >= 0.6 is 24.0 Å². The Morgan fingerprint density at radius 3 is 2.22 bits per heavy atom. The van der Waals surface area contributed by atoms with E-state index < -0.39 is 0 Å². The maximum atomic E-state index is 5.79. The topological polar surface area (TPSA) is 48.9 Å². The van der Waals surface area contributed by atoms with Crippen LogP contribution < -0.4 is 15.4 Å². The number of nitrogens with one attached hydrogen (secondary N) is 2. The number of halogens is 1. The number of rotatable bonds is 8. The molecule has 148 valence electrons. The van der Waals surface area contributed by atoms with Gasteiger partial charge in [-0.1, -0.05) is 42.0 Å². The first kappa shape index (κ1) is 23.2. The van der Waals surface area contributed by atoms with E-state index in [0.29, 0.717) is 13.2 Å². The Balaban J connectivity index is 0.00000364. The largest absolute Gasteiger partial charge is 0.492 e. The van der Waals surface area contributed by atoms with E-state index in [0.717, 1.165) is 30.4 Å². The molecule has 5 nitrogen and oxygen atoms in total. The van der Waals surface area contributed by atoms with Crippen LogP contribution in [0.15, 0.2) is 53.5 Å². The van der Waals surface area contributed by atoms with E-state index in [1.807, 2.05) is 26.2 Å². The molecule has 0 saturated heterocycles. The Kier molecular flexibility index (Phi) is 10.8. The predicted molar refractivity (Wildman–Crippen MR) is 124 cm³/mol. The number of likely N-dealkylation sites (N-methyl/N-ethyl adjacent to an activating group) is 1. The van der Waals surface area contributed by atoms with Crippen molar-refractivity contribution < 1.29 is 4.74 Å². The average molecular weight is 482 g/mol. The van der Waals surface area contributed by atoms with Gasteiger partial charge in [0.25, 0.3) is 0 Å². The number of benzene rings is 2. The molecule has 0 aliphatic carbocycles. The van der Waals surface area contributed by atoms with Crippen LogP contribution in [0, 0.1) is 6.92 Å². The molecule has 0 bridgehead atoms. The average Bonchev–Trinajstić information content (AvgIpc) is 2.62. The first-order chi connectivity index (χ1) is 12.6. The normalized spacial score (nSPS) is 11.1. The van der Waals surface area contributed by atoms with E-state index >= 15 is 0 Å². The Morgan fingerprint density at radius 2 is 1.63 bits per heavy atom. The molecule has 0 unspecified atom stereocenters. The van der Waals surface area contributed by atoms with Gasteiger partial charge >= 0.3 is 0 Å². The summed E-state index contributed by atoms with van der Waals surface area (Å²) in [6, 6.07) is 16.6. The Labute approximate surface area is 180 Å². The van der Waals surface area contributed by atoms with Gasteiger partial charge in [-0.25, -0.2) is 0 Å². The van der Waals surface area contributed by atoms with E-state index in [1.54, 1.807) is 7.05 Å². The van der Waals surface area contributed by atoms with Crippen molar-refractivity contribution in [3.05, 3.63) is 65.2 Å². The monoisotopic (exact) mass is 482 g/mol. The van der Waals surface area contributed by atoms with Gasteiger partial charge in [-0.15, -0.1) is 24.0 Å². The van der Waals surface area contributed by atoms with Crippen molar-refractivity contribution >= 4 is 29.9 Å². The van der Waals surface area contributed by atoms with Crippen LogP contribution in [0.4, 0.5) is 0 Å².